The molecule has 0 saturated carbocycles. The molecule has 5 nitrogen and oxygen atoms in total. The molecule has 0 amide bonds. The van der Waals surface area contributed by atoms with Crippen molar-refractivity contribution in [3.05, 3.63) is 271 Å². The highest BCUT2D eigenvalue weighted by atomic mass is 15.1. The summed E-state index contributed by atoms with van der Waals surface area (Å²) in [5.41, 5.74) is 21.2. The van der Waals surface area contributed by atoms with Crippen molar-refractivity contribution in [2.45, 2.75) is 159 Å². The Bertz CT molecular complexity index is 3620. The Labute approximate surface area is 550 Å². The number of hydrogen-bond acceptors (Lipinski definition) is 0. The summed E-state index contributed by atoms with van der Waals surface area (Å²) in [5.74, 6) is 1.20. The lowest BCUT2D eigenvalue weighted by atomic mass is 9.94. The molecule has 5 heteroatoms. The Hall–Kier alpha value is -8.54. The summed E-state index contributed by atoms with van der Waals surface area (Å²) < 4.78 is 10.9. The number of nitrogens with zero attached hydrogens (tertiary/aromatic N) is 5. The molecule has 1 aliphatic carbocycles. The molecule has 0 bridgehead atoms. The molecular weight excluding hydrogens is 1090 g/mol. The third-order valence-corrected chi connectivity index (χ3v) is 13.9. The minimum absolute atomic E-state index is 1.04. The fraction of sp³-hybridized carbons (Fsp3) is 0.318. The number of hydrogen-bond donors (Lipinski definition) is 0. The van der Waals surface area contributed by atoms with Crippen LogP contribution in [0.5, 0.6) is 0 Å². The topological polar surface area (TPSA) is 20.4 Å². The predicted molar refractivity (Wildman–Crippen MR) is 398 cm³/mol. The van der Waals surface area contributed by atoms with Crippen molar-refractivity contribution >= 4 is 10.8 Å². The van der Waals surface area contributed by atoms with Crippen LogP contribution in [0.3, 0.4) is 0 Å². The average molecular weight is 1210 g/mol. The van der Waals surface area contributed by atoms with E-state index < -0.39 is 0 Å². The van der Waals surface area contributed by atoms with E-state index in [4.69, 9.17) is 0 Å². The lowest BCUT2D eigenvalue weighted by molar-refractivity contribution is -0.660. The second-order valence-corrected chi connectivity index (χ2v) is 18.8. The molecular formula is C85H119N5+4. The molecule has 0 atom stereocenters. The first-order valence-corrected chi connectivity index (χ1v) is 33.9. The summed E-state index contributed by atoms with van der Waals surface area (Å²) in [5, 5.41) is 2.59. The normalized spacial score (nSPS) is 9.40. The van der Waals surface area contributed by atoms with Gasteiger partial charge in [0.1, 0.15) is 39.2 Å². The van der Waals surface area contributed by atoms with Gasteiger partial charge in [0.05, 0.1) is 23.6 Å². The Balaban J connectivity index is 0.00000109. The second-order valence-electron chi connectivity index (χ2n) is 18.8. The van der Waals surface area contributed by atoms with E-state index in [1.54, 1.807) is 0 Å². The van der Waals surface area contributed by atoms with Crippen molar-refractivity contribution in [3.63, 3.8) is 0 Å². The van der Waals surface area contributed by atoms with Gasteiger partial charge in [0.15, 0.2) is 18.6 Å². The summed E-state index contributed by atoms with van der Waals surface area (Å²) in [6.45, 7) is 44.7. The number of rotatable bonds is 5. The average Bonchev–Trinajstić information content (AvgIpc) is 1.88. The largest absolute Gasteiger partial charge is 0.294 e. The van der Waals surface area contributed by atoms with Crippen LogP contribution in [0.1, 0.15) is 158 Å². The predicted octanol–water partition coefficient (Wildman–Crippen LogP) is 22.7. The summed E-state index contributed by atoms with van der Waals surface area (Å²) >= 11 is 0. The number of pyridine rings is 3. The zero-order valence-corrected chi connectivity index (χ0v) is 61.0. The second kappa shape index (κ2) is 47.5. The lowest BCUT2D eigenvalue weighted by Gasteiger charge is -2.10. The van der Waals surface area contributed by atoms with Gasteiger partial charge in [-0.15, -0.1) is 0 Å². The van der Waals surface area contributed by atoms with Crippen LogP contribution < -0.4 is 18.3 Å². The standard InChI is InChI=1S/C20H18N.C17H17N2.C17H16N.C13H14N.9C2H6/c1-14-10-11-17-16-8-4-3-7-15(16)13-18(17)20(14)19-9-5-6-12-21(19)2;1-14-8-6-7-11-16(14)17-18(2)12-13-19(17)15-9-4-3-5-10-15;1-13-7-3-5-9-15(13)17-16-10-6-4-8-14(16)11-12-18(17)2;1-11-7-3-4-8-12(11)13-9-5-6-10-14(13)2;9*1-2/h3-12H,13H2,1-2H3;3-13H,1-2H3;3-12H,1-2H3;3-10H,1-2H3;9*1-2H3/q4*+1;;;;;;;;;. The number of fused-ring (bicyclic) bond motifs is 4. The van der Waals surface area contributed by atoms with Crippen molar-refractivity contribution in [3.8, 4) is 62.0 Å². The molecule has 11 aromatic rings. The number of para-hydroxylation sites is 1. The highest BCUT2D eigenvalue weighted by molar-refractivity contribution is 5.93. The zero-order chi connectivity index (χ0) is 68.1. The van der Waals surface area contributed by atoms with E-state index in [0.29, 0.717) is 0 Å². The molecule has 0 aliphatic heterocycles. The first-order chi connectivity index (χ1) is 44.1. The van der Waals surface area contributed by atoms with E-state index in [9.17, 15) is 0 Å². The molecule has 1 aliphatic rings. The van der Waals surface area contributed by atoms with Gasteiger partial charge in [0.25, 0.3) is 5.82 Å². The SMILES string of the molecule is CC.CC.CC.CC.CC.CC.CC.CC.CC.Cc1ccc2c(c1-c1cccc[n+]1C)Cc1ccccc1-2.Cc1ccccc1-c1c2ccccc2cc[n+]1C.Cc1ccccc1-c1cccc[n+]1C.Cc1ccccc1-c1n(-c2ccccc2)cc[n+]1C. The van der Waals surface area contributed by atoms with Crippen LogP contribution in [0.2, 0.25) is 0 Å². The Morgan fingerprint density at radius 2 is 0.733 bits per heavy atom. The number of aromatic nitrogens is 5. The molecule has 0 radical (unpaired) electrons. The molecule has 0 N–H and O–H groups in total. The maximum atomic E-state index is 2.28. The van der Waals surface area contributed by atoms with Gasteiger partial charge in [-0.25, -0.2) is 18.3 Å². The Morgan fingerprint density at radius 1 is 0.300 bits per heavy atom. The fourth-order valence-corrected chi connectivity index (χ4v) is 10.0. The van der Waals surface area contributed by atoms with Crippen LogP contribution in [0.25, 0.3) is 72.7 Å². The van der Waals surface area contributed by atoms with Gasteiger partial charge < -0.3 is 0 Å². The smallest absolute Gasteiger partial charge is 0.232 e. The summed E-state index contributed by atoms with van der Waals surface area (Å²) in [7, 11) is 8.38. The third-order valence-electron chi connectivity index (χ3n) is 13.9. The van der Waals surface area contributed by atoms with Gasteiger partial charge in [-0.2, -0.15) is 4.57 Å². The molecule has 0 spiro atoms. The summed E-state index contributed by atoms with van der Waals surface area (Å²) in [6, 6.07) is 72.6. The Morgan fingerprint density at radius 3 is 1.26 bits per heavy atom. The highest BCUT2D eigenvalue weighted by Crippen LogP contribution is 2.42. The fourth-order valence-electron chi connectivity index (χ4n) is 10.0. The van der Waals surface area contributed by atoms with Crippen molar-refractivity contribution in [1.82, 2.24) is 4.57 Å². The molecule has 7 aromatic carbocycles. The van der Waals surface area contributed by atoms with E-state index >= 15 is 0 Å². The monoisotopic (exact) mass is 1210 g/mol. The van der Waals surface area contributed by atoms with Crippen LogP contribution in [-0.2, 0) is 34.6 Å². The van der Waals surface area contributed by atoms with Gasteiger partial charge in [-0.1, -0.05) is 252 Å². The number of benzene rings is 7. The lowest BCUT2D eigenvalue weighted by Crippen LogP contribution is -2.30. The van der Waals surface area contributed by atoms with Gasteiger partial charge in [0.2, 0.25) is 17.1 Å². The van der Waals surface area contributed by atoms with Gasteiger partial charge >= 0.3 is 0 Å². The van der Waals surface area contributed by atoms with E-state index in [-0.39, 0.29) is 0 Å². The summed E-state index contributed by atoms with van der Waals surface area (Å²) in [4.78, 5) is 0. The van der Waals surface area contributed by atoms with E-state index in [1.807, 2.05) is 137 Å². The minimum Gasteiger partial charge on any atom is -0.232 e. The minimum atomic E-state index is 1.04. The van der Waals surface area contributed by atoms with Crippen LogP contribution in [0.4, 0.5) is 0 Å². The molecule has 0 unspecified atom stereocenters. The molecule has 4 aromatic heterocycles. The molecule has 0 fully saturated rings. The van der Waals surface area contributed by atoms with Gasteiger partial charge in [-0.3, -0.25) is 0 Å². The highest BCUT2D eigenvalue weighted by Gasteiger charge is 2.26. The molecule has 4 heterocycles. The van der Waals surface area contributed by atoms with Gasteiger partial charge in [-0.05, 0) is 133 Å². The summed E-state index contributed by atoms with van der Waals surface area (Å²) in [6.07, 6.45) is 11.6. The number of imidazole rings is 1. The van der Waals surface area contributed by atoms with Gasteiger partial charge in [0, 0.05) is 41.5 Å². The third kappa shape index (κ3) is 22.5. The molecule has 480 valence electrons. The van der Waals surface area contributed by atoms with Crippen molar-refractivity contribution < 1.29 is 18.3 Å². The zero-order valence-electron chi connectivity index (χ0n) is 61.0. The van der Waals surface area contributed by atoms with E-state index in [2.05, 4.69) is 304 Å². The maximum absolute atomic E-state index is 2.28. The van der Waals surface area contributed by atoms with Crippen molar-refractivity contribution in [2.24, 2.45) is 28.2 Å². The quantitative estimate of drug-likeness (QED) is 0.153. The van der Waals surface area contributed by atoms with Crippen LogP contribution in [-0.4, -0.2) is 4.57 Å². The molecule has 12 rings (SSSR count). The van der Waals surface area contributed by atoms with Crippen LogP contribution >= 0.6 is 0 Å². The first kappa shape index (κ1) is 81.5. The van der Waals surface area contributed by atoms with Crippen molar-refractivity contribution in [1.29, 1.82) is 0 Å². The van der Waals surface area contributed by atoms with E-state index in [0.717, 1.165) is 6.42 Å². The van der Waals surface area contributed by atoms with Crippen LogP contribution in [0.15, 0.2) is 237 Å². The molecule has 0 saturated heterocycles. The first-order valence-electron chi connectivity index (χ1n) is 33.9. The number of aryl methyl sites for hydroxylation is 8. The molecule has 90 heavy (non-hydrogen) atoms. The van der Waals surface area contributed by atoms with Crippen LogP contribution in [0, 0.1) is 27.7 Å². The Kier molecular flexibility index (Phi) is 43.0. The van der Waals surface area contributed by atoms with Crippen molar-refractivity contribution in [2.75, 3.05) is 0 Å². The van der Waals surface area contributed by atoms with E-state index in [1.165, 1.54) is 106 Å². The maximum Gasteiger partial charge on any atom is 0.294 e.